The van der Waals surface area contributed by atoms with E-state index in [1.165, 1.54) is 7.11 Å². The second kappa shape index (κ2) is 14.4. The molecule has 0 radical (unpaired) electrons. The van der Waals surface area contributed by atoms with Crippen molar-refractivity contribution in [1.29, 1.82) is 0 Å². The minimum atomic E-state index is -1.11. The molecule has 10 heteroatoms. The zero-order valence-electron chi connectivity index (χ0n) is 24.1. The molecule has 1 heterocycles. The number of hydrogen-bond donors (Lipinski definition) is 4. The van der Waals surface area contributed by atoms with Crippen LogP contribution in [0.5, 0.6) is 0 Å². The molecule has 5 atom stereocenters. The quantitative estimate of drug-likeness (QED) is 0.146. The molecule has 10 nitrogen and oxygen atoms in total. The average Bonchev–Trinajstić information content (AvgIpc) is 3.01. The normalized spacial score (nSPS) is 22.0. The molecule has 4 aromatic carbocycles. The lowest BCUT2D eigenvalue weighted by molar-refractivity contribution is -0.282. The van der Waals surface area contributed by atoms with Gasteiger partial charge in [-0.2, -0.15) is 0 Å². The third kappa shape index (κ3) is 7.86. The van der Waals surface area contributed by atoms with E-state index >= 15 is 0 Å². The van der Waals surface area contributed by atoms with Gasteiger partial charge in [0.05, 0.1) is 26.4 Å². The van der Waals surface area contributed by atoms with E-state index in [1.54, 1.807) is 0 Å². The SMILES string of the molecule is COC[C@H]1O[C@@H](OCc2ccc3ccccc3c2)[C@H](NC(=O)CCN=C(N)N)[C@H](OCc2ccc3ccccc3c2)[C@@H]1O. The highest BCUT2D eigenvalue weighted by atomic mass is 16.7. The van der Waals surface area contributed by atoms with Gasteiger partial charge in [0.25, 0.3) is 0 Å². The van der Waals surface area contributed by atoms with Crippen LogP contribution >= 0.6 is 0 Å². The molecule has 0 saturated carbocycles. The Morgan fingerprint density at radius 3 is 2.05 bits per heavy atom. The lowest BCUT2D eigenvalue weighted by Gasteiger charge is -2.44. The summed E-state index contributed by atoms with van der Waals surface area (Å²) < 4.78 is 24.2. The van der Waals surface area contributed by atoms with Gasteiger partial charge in [-0.15, -0.1) is 0 Å². The molecule has 1 saturated heterocycles. The number of benzene rings is 4. The fourth-order valence-corrected chi connectivity index (χ4v) is 5.29. The van der Waals surface area contributed by atoms with Gasteiger partial charge in [0.15, 0.2) is 12.2 Å². The Balaban J connectivity index is 1.38. The first-order valence-corrected chi connectivity index (χ1v) is 14.3. The molecule has 6 N–H and O–H groups in total. The van der Waals surface area contributed by atoms with Crippen LogP contribution < -0.4 is 16.8 Å². The van der Waals surface area contributed by atoms with Crippen LogP contribution in [0.25, 0.3) is 21.5 Å². The number of methoxy groups -OCH3 is 1. The second-order valence-electron chi connectivity index (χ2n) is 10.6. The standard InChI is InChI=1S/C33H38N4O6/c1-40-20-27-30(39)31(41-18-21-10-12-23-6-2-4-8-25(23)16-21)29(37-28(38)14-15-36-33(34)35)32(43-27)42-19-22-11-13-24-7-3-5-9-26(24)17-22/h2-13,16-17,27,29-32,39H,14-15,18-20H2,1H3,(H,37,38)(H4,34,35,36)/t27-,29-,30-,31+,32-/m1/s1. The highest BCUT2D eigenvalue weighted by Crippen LogP contribution is 2.28. The Kier molecular flexibility index (Phi) is 10.2. The smallest absolute Gasteiger partial charge is 0.222 e. The van der Waals surface area contributed by atoms with Gasteiger partial charge in [-0.05, 0) is 44.8 Å². The minimum Gasteiger partial charge on any atom is -0.388 e. The number of carbonyl (C=O) groups is 1. The van der Waals surface area contributed by atoms with Crippen molar-refractivity contribution in [3.63, 3.8) is 0 Å². The number of fused-ring (bicyclic) bond motifs is 2. The van der Waals surface area contributed by atoms with E-state index in [0.717, 1.165) is 32.7 Å². The van der Waals surface area contributed by atoms with Crippen LogP contribution in [0.1, 0.15) is 17.5 Å². The van der Waals surface area contributed by atoms with Crippen molar-refractivity contribution in [2.45, 2.75) is 50.3 Å². The summed E-state index contributed by atoms with van der Waals surface area (Å²) in [6, 6.07) is 27.4. The number of guanidine groups is 1. The number of ether oxygens (including phenoxy) is 4. The van der Waals surface area contributed by atoms with E-state index in [0.29, 0.717) is 0 Å². The van der Waals surface area contributed by atoms with E-state index < -0.39 is 30.6 Å². The van der Waals surface area contributed by atoms with Crippen LogP contribution in [-0.2, 0) is 37.0 Å². The maximum Gasteiger partial charge on any atom is 0.222 e. The largest absolute Gasteiger partial charge is 0.388 e. The van der Waals surface area contributed by atoms with Crippen LogP contribution in [0, 0.1) is 0 Å². The Labute approximate surface area is 250 Å². The Hall–Kier alpha value is -4.06. The van der Waals surface area contributed by atoms with Crippen molar-refractivity contribution in [2.75, 3.05) is 20.3 Å². The molecule has 4 aromatic rings. The topological polar surface area (TPSA) is 151 Å². The van der Waals surface area contributed by atoms with Gasteiger partial charge in [0.2, 0.25) is 5.91 Å². The lowest BCUT2D eigenvalue weighted by atomic mass is 9.96. The Bertz CT molecular complexity index is 1560. The van der Waals surface area contributed by atoms with Gasteiger partial charge in [0, 0.05) is 13.5 Å². The zero-order chi connectivity index (χ0) is 30.2. The number of carbonyl (C=O) groups excluding carboxylic acids is 1. The first-order valence-electron chi connectivity index (χ1n) is 14.3. The summed E-state index contributed by atoms with van der Waals surface area (Å²) in [5.74, 6) is -0.436. The number of amides is 1. The lowest BCUT2D eigenvalue weighted by Crippen LogP contribution is -2.65. The summed E-state index contributed by atoms with van der Waals surface area (Å²) in [6.07, 6.45) is -3.63. The summed E-state index contributed by atoms with van der Waals surface area (Å²) in [5, 5.41) is 18.7. The molecule has 0 aliphatic carbocycles. The Morgan fingerprint density at radius 2 is 1.47 bits per heavy atom. The summed E-state index contributed by atoms with van der Waals surface area (Å²) in [6.45, 7) is 0.632. The molecule has 1 aliphatic rings. The maximum absolute atomic E-state index is 13.0. The summed E-state index contributed by atoms with van der Waals surface area (Å²) in [5.41, 5.74) is 12.7. The predicted molar refractivity (Wildman–Crippen MR) is 165 cm³/mol. The summed E-state index contributed by atoms with van der Waals surface area (Å²) in [4.78, 5) is 16.9. The number of aliphatic hydroxyl groups excluding tert-OH is 1. The van der Waals surface area contributed by atoms with E-state index in [-0.39, 0.29) is 44.7 Å². The molecule has 1 fully saturated rings. The number of nitrogens with two attached hydrogens (primary N) is 2. The predicted octanol–water partition coefficient (Wildman–Crippen LogP) is 2.98. The molecule has 0 aromatic heterocycles. The van der Waals surface area contributed by atoms with Gasteiger partial charge in [-0.3, -0.25) is 9.79 Å². The number of aliphatic imine (C=N–C) groups is 1. The van der Waals surface area contributed by atoms with Crippen molar-refractivity contribution >= 4 is 33.4 Å². The Morgan fingerprint density at radius 1 is 0.884 bits per heavy atom. The van der Waals surface area contributed by atoms with Gasteiger partial charge >= 0.3 is 0 Å². The van der Waals surface area contributed by atoms with E-state index in [2.05, 4.69) is 16.4 Å². The van der Waals surface area contributed by atoms with Crippen LogP contribution in [0.15, 0.2) is 89.9 Å². The van der Waals surface area contributed by atoms with Crippen molar-refractivity contribution in [1.82, 2.24) is 5.32 Å². The van der Waals surface area contributed by atoms with Gasteiger partial charge < -0.3 is 40.8 Å². The molecule has 226 valence electrons. The summed E-state index contributed by atoms with van der Waals surface area (Å²) >= 11 is 0. The highest BCUT2D eigenvalue weighted by molar-refractivity contribution is 5.83. The van der Waals surface area contributed by atoms with Crippen LogP contribution in [0.3, 0.4) is 0 Å². The molecule has 5 rings (SSSR count). The average molecular weight is 587 g/mol. The third-order valence-electron chi connectivity index (χ3n) is 7.45. The monoisotopic (exact) mass is 586 g/mol. The number of rotatable bonds is 12. The molecule has 1 aliphatic heterocycles. The number of hydrogen-bond acceptors (Lipinski definition) is 7. The highest BCUT2D eigenvalue weighted by Gasteiger charge is 2.47. The first kappa shape index (κ1) is 30.4. The maximum atomic E-state index is 13.0. The van der Waals surface area contributed by atoms with E-state index in [1.807, 2.05) is 78.9 Å². The molecule has 0 unspecified atom stereocenters. The third-order valence-corrected chi connectivity index (χ3v) is 7.45. The molecular weight excluding hydrogens is 548 g/mol. The van der Waals surface area contributed by atoms with Crippen LogP contribution in [0.4, 0.5) is 0 Å². The molecule has 1 amide bonds. The fraction of sp³-hybridized carbons (Fsp3) is 0.333. The van der Waals surface area contributed by atoms with Crippen molar-refractivity contribution < 1.29 is 28.8 Å². The molecule has 43 heavy (non-hydrogen) atoms. The van der Waals surface area contributed by atoms with Crippen LogP contribution in [-0.4, -0.2) is 67.9 Å². The second-order valence-corrected chi connectivity index (χ2v) is 10.6. The number of nitrogens with zero attached hydrogens (tertiary/aromatic N) is 1. The van der Waals surface area contributed by atoms with E-state index in [9.17, 15) is 9.90 Å². The number of nitrogens with one attached hydrogen (secondary N) is 1. The summed E-state index contributed by atoms with van der Waals surface area (Å²) in [7, 11) is 1.53. The zero-order valence-corrected chi connectivity index (χ0v) is 24.1. The molecule has 0 bridgehead atoms. The first-order chi connectivity index (χ1) is 20.9. The van der Waals surface area contributed by atoms with Crippen molar-refractivity contribution in [2.24, 2.45) is 16.5 Å². The van der Waals surface area contributed by atoms with Crippen LogP contribution in [0.2, 0.25) is 0 Å². The van der Waals surface area contributed by atoms with E-state index in [4.69, 9.17) is 30.4 Å². The van der Waals surface area contributed by atoms with Gasteiger partial charge in [-0.25, -0.2) is 0 Å². The van der Waals surface area contributed by atoms with Crippen molar-refractivity contribution in [3.05, 3.63) is 96.1 Å². The molecule has 0 spiro atoms. The van der Waals surface area contributed by atoms with Crippen molar-refractivity contribution in [3.8, 4) is 0 Å². The fourth-order valence-electron chi connectivity index (χ4n) is 5.29. The van der Waals surface area contributed by atoms with Gasteiger partial charge in [-0.1, -0.05) is 72.8 Å². The molecular formula is C33H38N4O6. The van der Waals surface area contributed by atoms with Gasteiger partial charge in [0.1, 0.15) is 24.4 Å². The number of aliphatic hydroxyl groups is 1. The minimum absolute atomic E-state index is 0.0286.